The zero-order valence-corrected chi connectivity index (χ0v) is 11.7. The van der Waals surface area contributed by atoms with Crippen LogP contribution in [0.1, 0.15) is 24.2 Å². The van der Waals surface area contributed by atoms with E-state index in [1.165, 1.54) is 12.1 Å². The first-order valence-corrected chi connectivity index (χ1v) is 6.59. The highest BCUT2D eigenvalue weighted by atomic mass is 16.4. The molecule has 0 atom stereocenters. The number of anilines is 1. The van der Waals surface area contributed by atoms with E-state index in [9.17, 15) is 9.59 Å². The number of fused-ring (bicyclic) bond motifs is 1. The molecule has 0 radical (unpaired) electrons. The van der Waals surface area contributed by atoms with Crippen molar-refractivity contribution in [2.24, 2.45) is 0 Å². The number of carbonyl (C=O) groups is 2. The molecule has 2 aromatic rings. The fourth-order valence-electron chi connectivity index (χ4n) is 2.40. The number of aromatic nitrogens is 1. The van der Waals surface area contributed by atoms with E-state index in [-0.39, 0.29) is 11.5 Å². The molecule has 1 saturated heterocycles. The lowest BCUT2D eigenvalue weighted by atomic mass is 10.00. The van der Waals surface area contributed by atoms with Gasteiger partial charge in [0.05, 0.1) is 5.56 Å². The molecule has 1 aliphatic rings. The quantitative estimate of drug-likeness (QED) is 0.863. The summed E-state index contributed by atoms with van der Waals surface area (Å²) < 4.78 is 5.65. The van der Waals surface area contributed by atoms with Gasteiger partial charge >= 0.3 is 5.97 Å². The number of carbonyl (C=O) groups excluding carboxylic acids is 1. The number of nitrogens with zero attached hydrogens (tertiary/aromatic N) is 2. The van der Waals surface area contributed by atoms with Gasteiger partial charge in [0.25, 0.3) is 6.01 Å². The molecule has 0 bridgehead atoms. The summed E-state index contributed by atoms with van der Waals surface area (Å²) in [7, 11) is 0. The highest BCUT2D eigenvalue weighted by molar-refractivity contribution is 5.93. The summed E-state index contributed by atoms with van der Waals surface area (Å²) >= 11 is 0. The van der Waals surface area contributed by atoms with Crippen molar-refractivity contribution in [2.45, 2.75) is 19.4 Å². The van der Waals surface area contributed by atoms with Crippen molar-refractivity contribution in [3.63, 3.8) is 0 Å². The van der Waals surface area contributed by atoms with Crippen molar-refractivity contribution in [1.29, 1.82) is 0 Å². The number of benzene rings is 1. The molecule has 0 aliphatic carbocycles. The summed E-state index contributed by atoms with van der Waals surface area (Å²) in [5, 5.41) is 11.8. The lowest BCUT2D eigenvalue weighted by Crippen LogP contribution is -2.62. The minimum absolute atomic E-state index is 0.0952. The summed E-state index contributed by atoms with van der Waals surface area (Å²) in [6.45, 7) is 4.68. The van der Waals surface area contributed by atoms with Crippen LogP contribution < -0.4 is 10.2 Å². The maximum atomic E-state index is 12.0. The smallest absolute Gasteiger partial charge is 0.335 e. The molecule has 1 aromatic carbocycles. The Morgan fingerprint density at radius 3 is 2.95 bits per heavy atom. The number of piperazine rings is 1. The van der Waals surface area contributed by atoms with Crippen molar-refractivity contribution in [2.75, 3.05) is 18.0 Å². The number of carboxylic acid groups (broad SMARTS) is 1. The van der Waals surface area contributed by atoms with Crippen molar-refractivity contribution >= 4 is 29.0 Å². The average Bonchev–Trinajstić information content (AvgIpc) is 2.83. The molecule has 110 valence electrons. The zero-order valence-electron chi connectivity index (χ0n) is 11.7. The summed E-state index contributed by atoms with van der Waals surface area (Å²) in [6.07, 6.45) is 0. The molecule has 2 heterocycles. The molecular formula is C14H15N3O4. The van der Waals surface area contributed by atoms with Crippen molar-refractivity contribution in [1.82, 2.24) is 10.3 Å². The molecule has 0 saturated carbocycles. The van der Waals surface area contributed by atoms with Gasteiger partial charge < -0.3 is 19.7 Å². The highest BCUT2D eigenvalue weighted by Crippen LogP contribution is 2.29. The summed E-state index contributed by atoms with van der Waals surface area (Å²) in [6, 6.07) is 4.84. The maximum absolute atomic E-state index is 12.0. The second-order valence-electron chi connectivity index (χ2n) is 5.45. The lowest BCUT2D eigenvalue weighted by molar-refractivity contribution is -0.126. The van der Waals surface area contributed by atoms with Gasteiger partial charge in [-0.15, -0.1) is 0 Å². The van der Waals surface area contributed by atoms with Crippen LogP contribution >= 0.6 is 0 Å². The number of aromatic carboxylic acids is 1. The van der Waals surface area contributed by atoms with Crippen molar-refractivity contribution in [3.8, 4) is 0 Å². The number of hydrogen-bond acceptors (Lipinski definition) is 5. The van der Waals surface area contributed by atoms with Crippen LogP contribution in [-0.2, 0) is 4.79 Å². The third-order valence-corrected chi connectivity index (χ3v) is 3.71. The van der Waals surface area contributed by atoms with E-state index in [1.807, 2.05) is 0 Å². The number of carboxylic acids is 1. The van der Waals surface area contributed by atoms with Crippen molar-refractivity contribution < 1.29 is 19.1 Å². The maximum Gasteiger partial charge on any atom is 0.335 e. The Hall–Kier alpha value is -2.57. The molecule has 3 rings (SSSR count). The third kappa shape index (κ3) is 2.10. The van der Waals surface area contributed by atoms with Crippen LogP contribution in [-0.4, -0.2) is 40.6 Å². The topological polar surface area (TPSA) is 95.7 Å². The third-order valence-electron chi connectivity index (χ3n) is 3.71. The Morgan fingerprint density at radius 1 is 1.48 bits per heavy atom. The number of oxazole rings is 1. The zero-order chi connectivity index (χ0) is 15.2. The Bertz CT molecular complexity index is 735. The minimum atomic E-state index is -1.02. The number of rotatable bonds is 2. The predicted octanol–water partition coefficient (Wildman–Crippen LogP) is 1.24. The van der Waals surface area contributed by atoms with E-state index in [1.54, 1.807) is 24.8 Å². The Labute approximate surface area is 120 Å². The molecule has 1 aromatic heterocycles. The Kier molecular flexibility index (Phi) is 2.86. The van der Waals surface area contributed by atoms with Gasteiger partial charge in [-0.3, -0.25) is 4.79 Å². The first kappa shape index (κ1) is 13.4. The Balaban J connectivity index is 2.04. The van der Waals surface area contributed by atoms with E-state index in [0.29, 0.717) is 30.2 Å². The molecule has 7 nitrogen and oxygen atoms in total. The molecule has 1 fully saturated rings. The fourth-order valence-corrected chi connectivity index (χ4v) is 2.40. The monoisotopic (exact) mass is 289 g/mol. The van der Waals surface area contributed by atoms with Crippen LogP contribution in [0.5, 0.6) is 0 Å². The first-order chi connectivity index (χ1) is 9.89. The SMILES string of the molecule is CC1(C)C(=O)NCCN1c1nc2ccc(C(=O)O)cc2o1. The lowest BCUT2D eigenvalue weighted by Gasteiger charge is -2.39. The molecule has 2 N–H and O–H groups in total. The molecule has 1 amide bonds. The standard InChI is InChI=1S/C14H15N3O4/c1-14(2)12(20)15-5-6-17(14)13-16-9-4-3-8(11(18)19)7-10(9)21-13/h3-4,7H,5-6H2,1-2H3,(H,15,20)(H,18,19). The second kappa shape index (κ2) is 4.47. The minimum Gasteiger partial charge on any atom is -0.478 e. The van der Waals surface area contributed by atoms with E-state index in [4.69, 9.17) is 9.52 Å². The summed E-state index contributed by atoms with van der Waals surface area (Å²) in [5.41, 5.74) is 0.332. The van der Waals surface area contributed by atoms with E-state index in [0.717, 1.165) is 0 Å². The van der Waals surface area contributed by atoms with E-state index >= 15 is 0 Å². The molecule has 21 heavy (non-hydrogen) atoms. The van der Waals surface area contributed by atoms with Gasteiger partial charge in [0, 0.05) is 13.1 Å². The number of amides is 1. The normalized spacial score (nSPS) is 17.8. The molecule has 1 aliphatic heterocycles. The van der Waals surface area contributed by atoms with Crippen LogP contribution in [0.25, 0.3) is 11.1 Å². The van der Waals surface area contributed by atoms with Crippen LogP contribution in [0.15, 0.2) is 22.6 Å². The predicted molar refractivity (Wildman–Crippen MR) is 75.4 cm³/mol. The van der Waals surface area contributed by atoms with Gasteiger partial charge in [0.1, 0.15) is 11.1 Å². The first-order valence-electron chi connectivity index (χ1n) is 6.59. The van der Waals surface area contributed by atoms with E-state index in [2.05, 4.69) is 10.3 Å². The fraction of sp³-hybridized carbons (Fsp3) is 0.357. The van der Waals surface area contributed by atoms with Gasteiger partial charge in [0.2, 0.25) is 5.91 Å². The van der Waals surface area contributed by atoms with Crippen molar-refractivity contribution in [3.05, 3.63) is 23.8 Å². The second-order valence-corrected chi connectivity index (χ2v) is 5.45. The van der Waals surface area contributed by atoms with Crippen LogP contribution in [0, 0.1) is 0 Å². The largest absolute Gasteiger partial charge is 0.478 e. The Morgan fingerprint density at radius 2 is 2.24 bits per heavy atom. The van der Waals surface area contributed by atoms with E-state index < -0.39 is 11.5 Å². The van der Waals surface area contributed by atoms with Crippen LogP contribution in [0.4, 0.5) is 6.01 Å². The van der Waals surface area contributed by atoms with Gasteiger partial charge in [-0.05, 0) is 32.0 Å². The van der Waals surface area contributed by atoms with Gasteiger partial charge in [-0.2, -0.15) is 4.98 Å². The summed E-state index contributed by atoms with van der Waals surface area (Å²) in [4.78, 5) is 29.1. The molecular weight excluding hydrogens is 274 g/mol. The number of hydrogen-bond donors (Lipinski definition) is 2. The summed E-state index contributed by atoms with van der Waals surface area (Å²) in [5.74, 6) is -1.12. The molecule has 0 spiro atoms. The highest BCUT2D eigenvalue weighted by Gasteiger charge is 2.40. The van der Waals surface area contributed by atoms with Gasteiger partial charge in [-0.25, -0.2) is 4.79 Å². The van der Waals surface area contributed by atoms with Crippen LogP contribution in [0.3, 0.4) is 0 Å². The van der Waals surface area contributed by atoms with Gasteiger partial charge in [-0.1, -0.05) is 0 Å². The number of nitrogens with one attached hydrogen (secondary N) is 1. The van der Waals surface area contributed by atoms with Gasteiger partial charge in [0.15, 0.2) is 5.58 Å². The average molecular weight is 289 g/mol. The molecule has 0 unspecified atom stereocenters. The molecule has 7 heteroatoms. The van der Waals surface area contributed by atoms with Crippen LogP contribution in [0.2, 0.25) is 0 Å².